The quantitative estimate of drug-likeness (QED) is 0.713. The van der Waals surface area contributed by atoms with Crippen LogP contribution in [0, 0.1) is 0 Å². The fraction of sp³-hybridized carbons (Fsp3) is 0.562. The minimum atomic E-state index is -4.50. The largest absolute Gasteiger partial charge is 0.416 e. The molecular weight excluding hydrogens is 421 g/mol. The summed E-state index contributed by atoms with van der Waals surface area (Å²) in [5.41, 5.74) is -0.654. The number of nitrogens with zero attached hydrogens (tertiary/aromatic N) is 1. The molecule has 2 rings (SSSR count). The van der Waals surface area contributed by atoms with Crippen LogP contribution in [0.15, 0.2) is 24.3 Å². The summed E-state index contributed by atoms with van der Waals surface area (Å²) in [7, 11) is -6.16. The van der Waals surface area contributed by atoms with Crippen molar-refractivity contribution < 1.29 is 34.8 Å². The number of sulfonamides is 1. The molecule has 0 radical (unpaired) electrons. The van der Waals surface area contributed by atoms with Crippen LogP contribution in [0.1, 0.15) is 24.0 Å². The van der Waals surface area contributed by atoms with Crippen molar-refractivity contribution in [2.75, 3.05) is 25.9 Å². The zero-order valence-corrected chi connectivity index (χ0v) is 16.7. The summed E-state index contributed by atoms with van der Waals surface area (Å²) in [6, 6.07) is 3.87. The molecule has 28 heavy (non-hydrogen) atoms. The fourth-order valence-electron chi connectivity index (χ4n) is 2.93. The highest BCUT2D eigenvalue weighted by Crippen LogP contribution is 2.29. The normalized spacial score (nSPS) is 17.4. The van der Waals surface area contributed by atoms with Crippen molar-refractivity contribution in [1.82, 2.24) is 9.62 Å². The smallest absolute Gasteiger partial charge is 0.358 e. The van der Waals surface area contributed by atoms with Crippen molar-refractivity contribution in [2.45, 2.75) is 30.0 Å². The van der Waals surface area contributed by atoms with Gasteiger partial charge < -0.3 is 5.32 Å². The molecule has 1 heterocycles. The standard InChI is InChI=1S/C16H21F3N2O5S2/c1-20-15(22)11-27(23,24)14-6-8-21(9-7-14)28(25,26)10-12-2-4-13(5-3-12)16(17,18)19/h2-5,14H,6-11H2,1H3,(H,20,22). The Bertz CT molecular complexity index is 905. The second-order valence-corrected chi connectivity index (χ2v) is 10.8. The Labute approximate surface area is 161 Å². The van der Waals surface area contributed by atoms with E-state index in [-0.39, 0.29) is 31.5 Å². The predicted octanol–water partition coefficient (Wildman–Crippen LogP) is 1.16. The van der Waals surface area contributed by atoms with Gasteiger partial charge in [0, 0.05) is 20.1 Å². The molecule has 0 spiro atoms. The van der Waals surface area contributed by atoms with E-state index in [1.54, 1.807) is 0 Å². The Hall–Kier alpha value is -1.66. The van der Waals surface area contributed by atoms with Gasteiger partial charge in [-0.25, -0.2) is 21.1 Å². The first-order valence-corrected chi connectivity index (χ1v) is 11.7. The number of amides is 1. The summed E-state index contributed by atoms with van der Waals surface area (Å²) in [4.78, 5) is 11.3. The molecule has 12 heteroatoms. The number of sulfone groups is 1. The Balaban J connectivity index is 2.00. The lowest BCUT2D eigenvalue weighted by Crippen LogP contribution is -2.44. The molecule has 1 fully saturated rings. The highest BCUT2D eigenvalue weighted by atomic mass is 32.2. The number of hydrogen-bond acceptors (Lipinski definition) is 5. The van der Waals surface area contributed by atoms with Gasteiger partial charge in [0.25, 0.3) is 0 Å². The highest BCUT2D eigenvalue weighted by molar-refractivity contribution is 7.92. The van der Waals surface area contributed by atoms with Crippen LogP contribution in [-0.2, 0) is 36.6 Å². The SMILES string of the molecule is CNC(=O)CS(=O)(=O)C1CCN(S(=O)(=O)Cc2ccc(C(F)(F)F)cc2)CC1. The molecule has 158 valence electrons. The monoisotopic (exact) mass is 442 g/mol. The van der Waals surface area contributed by atoms with Crippen molar-refractivity contribution in [2.24, 2.45) is 0 Å². The summed E-state index contributed by atoms with van der Waals surface area (Å²) >= 11 is 0. The van der Waals surface area contributed by atoms with E-state index in [1.165, 1.54) is 7.05 Å². The molecular formula is C16H21F3N2O5S2. The third kappa shape index (κ3) is 5.67. The van der Waals surface area contributed by atoms with Gasteiger partial charge in [-0.05, 0) is 30.5 Å². The molecule has 1 amide bonds. The summed E-state index contributed by atoms with van der Waals surface area (Å²) in [5, 5.41) is 1.44. The number of rotatable bonds is 6. The number of carbonyl (C=O) groups excluding carboxylic acids is 1. The average molecular weight is 442 g/mol. The van der Waals surface area contributed by atoms with Crippen LogP contribution >= 0.6 is 0 Å². The summed E-state index contributed by atoms with van der Waals surface area (Å²) < 4.78 is 88.3. The molecule has 1 aliphatic heterocycles. The lowest BCUT2D eigenvalue weighted by Gasteiger charge is -2.30. The Morgan fingerprint density at radius 1 is 1.11 bits per heavy atom. The molecule has 0 aromatic heterocycles. The molecule has 1 aliphatic rings. The van der Waals surface area contributed by atoms with E-state index in [0.717, 1.165) is 28.6 Å². The number of nitrogens with one attached hydrogen (secondary N) is 1. The van der Waals surface area contributed by atoms with Crippen molar-refractivity contribution in [1.29, 1.82) is 0 Å². The number of benzene rings is 1. The van der Waals surface area contributed by atoms with Crippen LogP contribution in [0.3, 0.4) is 0 Å². The predicted molar refractivity (Wildman–Crippen MR) is 96.5 cm³/mol. The second kappa shape index (κ2) is 8.37. The van der Waals surface area contributed by atoms with E-state index in [0.29, 0.717) is 0 Å². The first-order chi connectivity index (χ1) is 12.8. The van der Waals surface area contributed by atoms with Crippen LogP contribution in [0.4, 0.5) is 13.2 Å². The maximum Gasteiger partial charge on any atom is 0.416 e. The van der Waals surface area contributed by atoms with E-state index in [2.05, 4.69) is 5.32 Å². The number of carbonyl (C=O) groups is 1. The van der Waals surface area contributed by atoms with Gasteiger partial charge in [-0.3, -0.25) is 4.79 Å². The lowest BCUT2D eigenvalue weighted by atomic mass is 10.1. The summed E-state index contributed by atoms with van der Waals surface area (Å²) in [6.07, 6.45) is -4.38. The van der Waals surface area contributed by atoms with E-state index < -0.39 is 54.3 Å². The Morgan fingerprint density at radius 2 is 1.64 bits per heavy atom. The highest BCUT2D eigenvalue weighted by Gasteiger charge is 2.35. The van der Waals surface area contributed by atoms with Crippen molar-refractivity contribution >= 4 is 25.8 Å². The second-order valence-electron chi connectivity index (χ2n) is 6.53. The molecule has 1 aromatic carbocycles. The molecule has 1 N–H and O–H groups in total. The third-order valence-corrected chi connectivity index (χ3v) is 8.55. The number of alkyl halides is 3. The summed E-state index contributed by atoms with van der Waals surface area (Å²) in [6.45, 7) is -0.0543. The average Bonchev–Trinajstić information content (AvgIpc) is 2.60. The summed E-state index contributed by atoms with van der Waals surface area (Å²) in [5.74, 6) is -1.75. The third-order valence-electron chi connectivity index (χ3n) is 4.54. The van der Waals surface area contributed by atoms with Crippen LogP contribution in [0.25, 0.3) is 0 Å². The van der Waals surface area contributed by atoms with Gasteiger partial charge in [-0.2, -0.15) is 13.2 Å². The molecule has 0 atom stereocenters. The maximum atomic E-state index is 12.6. The van der Waals surface area contributed by atoms with Gasteiger partial charge in [0.15, 0.2) is 9.84 Å². The zero-order valence-electron chi connectivity index (χ0n) is 15.1. The van der Waals surface area contributed by atoms with E-state index in [9.17, 15) is 34.8 Å². The van der Waals surface area contributed by atoms with Crippen molar-refractivity contribution in [3.8, 4) is 0 Å². The van der Waals surface area contributed by atoms with Crippen LogP contribution in [0.2, 0.25) is 0 Å². The van der Waals surface area contributed by atoms with Crippen LogP contribution < -0.4 is 5.32 Å². The van der Waals surface area contributed by atoms with Gasteiger partial charge in [-0.15, -0.1) is 0 Å². The Kier molecular flexibility index (Phi) is 6.77. The van der Waals surface area contributed by atoms with Crippen molar-refractivity contribution in [3.63, 3.8) is 0 Å². The molecule has 0 bridgehead atoms. The minimum absolute atomic E-state index is 0.0272. The molecule has 1 saturated heterocycles. The van der Waals surface area contributed by atoms with E-state index in [1.807, 2.05) is 0 Å². The molecule has 1 aromatic rings. The number of piperidine rings is 1. The van der Waals surface area contributed by atoms with Gasteiger partial charge in [0.2, 0.25) is 15.9 Å². The minimum Gasteiger partial charge on any atom is -0.358 e. The zero-order chi connectivity index (χ0) is 21.2. The molecule has 0 unspecified atom stereocenters. The Morgan fingerprint density at radius 3 is 2.11 bits per heavy atom. The van der Waals surface area contributed by atoms with Gasteiger partial charge in [0.1, 0.15) is 5.75 Å². The van der Waals surface area contributed by atoms with Gasteiger partial charge in [-0.1, -0.05) is 12.1 Å². The van der Waals surface area contributed by atoms with Crippen molar-refractivity contribution in [3.05, 3.63) is 35.4 Å². The first-order valence-electron chi connectivity index (χ1n) is 8.41. The van der Waals surface area contributed by atoms with Crippen LogP contribution in [-0.4, -0.2) is 58.2 Å². The molecule has 0 saturated carbocycles. The number of halogens is 3. The van der Waals surface area contributed by atoms with Gasteiger partial charge >= 0.3 is 6.18 Å². The number of hydrogen-bond donors (Lipinski definition) is 1. The topological polar surface area (TPSA) is 101 Å². The molecule has 0 aliphatic carbocycles. The fourth-order valence-corrected chi connectivity index (χ4v) is 6.17. The van der Waals surface area contributed by atoms with E-state index >= 15 is 0 Å². The first kappa shape index (κ1) is 22.6. The molecule has 7 nitrogen and oxygen atoms in total. The lowest BCUT2D eigenvalue weighted by molar-refractivity contribution is -0.137. The van der Waals surface area contributed by atoms with Gasteiger partial charge in [0.05, 0.1) is 16.6 Å². The van der Waals surface area contributed by atoms with E-state index in [4.69, 9.17) is 0 Å². The van der Waals surface area contributed by atoms with Crippen LogP contribution in [0.5, 0.6) is 0 Å². The maximum absolute atomic E-state index is 12.6.